The zero-order valence-electron chi connectivity index (χ0n) is 17.0. The molecule has 2 N–H and O–H groups in total. The molecule has 1 amide bonds. The van der Waals surface area contributed by atoms with Crippen LogP contribution in [0, 0.1) is 11.7 Å². The van der Waals surface area contributed by atoms with Crippen molar-refractivity contribution in [3.05, 3.63) is 96.9 Å². The molecule has 0 bridgehead atoms. The second-order valence-electron chi connectivity index (χ2n) is 6.87. The van der Waals surface area contributed by atoms with Crippen LogP contribution in [0.5, 0.6) is 0 Å². The third-order valence-corrected chi connectivity index (χ3v) is 4.08. The predicted molar refractivity (Wildman–Crippen MR) is 117 cm³/mol. The molecule has 0 fully saturated rings. The molecular formula is C24H26FN3O. The predicted octanol–water partition coefficient (Wildman–Crippen LogP) is 5.60. The normalized spacial score (nSPS) is 11.9. The molecule has 0 saturated carbocycles. The minimum Gasteiger partial charge on any atom is -0.354 e. The van der Waals surface area contributed by atoms with Crippen LogP contribution >= 0.6 is 0 Å². The van der Waals surface area contributed by atoms with Crippen molar-refractivity contribution in [3.8, 4) is 11.1 Å². The SMILES string of the molecule is C=C/C=C(\C=C(/C)NC(=O)C(C)C)C(=C)Nc1cncc(-c2ccccc2F)c1. The first-order valence-electron chi connectivity index (χ1n) is 9.30. The standard InChI is InChI=1S/C24H26FN3O/c1-6-9-19(12-17(4)27-24(29)16(2)3)18(5)28-21-13-20(14-26-15-21)22-10-7-8-11-23(22)25/h6-16,28H,1,5H2,2-4H3,(H,27,29)/b17-12+,19-9+. The maximum Gasteiger partial charge on any atom is 0.226 e. The van der Waals surface area contributed by atoms with Gasteiger partial charge in [-0.1, -0.05) is 57.4 Å². The number of carbonyl (C=O) groups is 1. The number of nitrogens with zero attached hydrogens (tertiary/aromatic N) is 1. The topological polar surface area (TPSA) is 54.0 Å². The molecular weight excluding hydrogens is 365 g/mol. The van der Waals surface area contributed by atoms with Crippen molar-refractivity contribution in [1.82, 2.24) is 10.3 Å². The second-order valence-corrected chi connectivity index (χ2v) is 6.87. The number of pyridine rings is 1. The number of amides is 1. The fourth-order valence-electron chi connectivity index (χ4n) is 2.57. The minimum absolute atomic E-state index is 0.0583. The highest BCUT2D eigenvalue weighted by molar-refractivity contribution is 5.79. The lowest BCUT2D eigenvalue weighted by Gasteiger charge is -2.14. The van der Waals surface area contributed by atoms with Crippen molar-refractivity contribution in [2.75, 3.05) is 5.32 Å². The summed E-state index contributed by atoms with van der Waals surface area (Å²) in [5.41, 5.74) is 3.84. The zero-order chi connectivity index (χ0) is 21.4. The fourth-order valence-corrected chi connectivity index (χ4v) is 2.57. The van der Waals surface area contributed by atoms with Gasteiger partial charge in [0.2, 0.25) is 5.91 Å². The number of carbonyl (C=O) groups excluding carboxylic acids is 1. The monoisotopic (exact) mass is 391 g/mol. The first-order valence-corrected chi connectivity index (χ1v) is 9.30. The Balaban J connectivity index is 2.22. The molecule has 0 aliphatic rings. The summed E-state index contributed by atoms with van der Waals surface area (Å²) in [4.78, 5) is 16.1. The van der Waals surface area contributed by atoms with E-state index in [0.29, 0.717) is 28.2 Å². The Labute approximate surface area is 171 Å². The number of anilines is 1. The van der Waals surface area contributed by atoms with Crippen LogP contribution < -0.4 is 10.6 Å². The molecule has 0 radical (unpaired) electrons. The van der Waals surface area contributed by atoms with Crippen LogP contribution in [0.1, 0.15) is 20.8 Å². The molecule has 0 unspecified atom stereocenters. The van der Waals surface area contributed by atoms with Crippen molar-refractivity contribution < 1.29 is 9.18 Å². The Morgan fingerprint density at radius 3 is 2.62 bits per heavy atom. The van der Waals surface area contributed by atoms with Crippen LogP contribution in [-0.2, 0) is 4.79 Å². The first-order chi connectivity index (χ1) is 13.8. The van der Waals surface area contributed by atoms with Crippen LogP contribution in [0.3, 0.4) is 0 Å². The highest BCUT2D eigenvalue weighted by Crippen LogP contribution is 2.25. The molecule has 4 nitrogen and oxygen atoms in total. The summed E-state index contributed by atoms with van der Waals surface area (Å²) in [6, 6.07) is 8.35. The summed E-state index contributed by atoms with van der Waals surface area (Å²) >= 11 is 0. The van der Waals surface area contributed by atoms with Gasteiger partial charge >= 0.3 is 0 Å². The van der Waals surface area contributed by atoms with Crippen molar-refractivity contribution in [2.24, 2.45) is 5.92 Å². The van der Waals surface area contributed by atoms with E-state index in [9.17, 15) is 9.18 Å². The van der Waals surface area contributed by atoms with Gasteiger partial charge in [0.25, 0.3) is 0 Å². The first kappa shape index (κ1) is 21.8. The van der Waals surface area contributed by atoms with Crippen LogP contribution in [0.15, 0.2) is 91.1 Å². The van der Waals surface area contributed by atoms with Gasteiger partial charge in [0.05, 0.1) is 11.9 Å². The third kappa shape index (κ3) is 6.28. The Morgan fingerprint density at radius 2 is 1.97 bits per heavy atom. The van der Waals surface area contributed by atoms with Gasteiger partial charge in [-0.15, -0.1) is 0 Å². The van der Waals surface area contributed by atoms with Gasteiger partial charge in [-0.05, 0) is 30.7 Å². The molecule has 5 heteroatoms. The van der Waals surface area contributed by atoms with E-state index < -0.39 is 0 Å². The molecule has 0 aliphatic heterocycles. The van der Waals surface area contributed by atoms with E-state index in [2.05, 4.69) is 28.8 Å². The molecule has 150 valence electrons. The molecule has 29 heavy (non-hydrogen) atoms. The van der Waals surface area contributed by atoms with E-state index >= 15 is 0 Å². The highest BCUT2D eigenvalue weighted by atomic mass is 19.1. The average molecular weight is 391 g/mol. The number of halogens is 1. The molecule has 0 aliphatic carbocycles. The van der Waals surface area contributed by atoms with E-state index in [4.69, 9.17) is 0 Å². The number of hydrogen-bond donors (Lipinski definition) is 2. The van der Waals surface area contributed by atoms with E-state index in [1.54, 1.807) is 48.8 Å². The summed E-state index contributed by atoms with van der Waals surface area (Å²) in [5, 5.41) is 6.03. The Hall–Kier alpha value is -3.47. The molecule has 2 rings (SSSR count). The fraction of sp³-hybridized carbons (Fsp3) is 0.167. The molecule has 1 heterocycles. The van der Waals surface area contributed by atoms with E-state index in [1.165, 1.54) is 6.07 Å². The van der Waals surface area contributed by atoms with Crippen LogP contribution in [0.25, 0.3) is 11.1 Å². The van der Waals surface area contributed by atoms with Gasteiger partial charge in [0, 0.05) is 34.6 Å². The summed E-state index contributed by atoms with van der Waals surface area (Å²) in [5.74, 6) is -0.479. The smallest absolute Gasteiger partial charge is 0.226 e. The van der Waals surface area contributed by atoms with Crippen molar-refractivity contribution in [3.63, 3.8) is 0 Å². The number of allylic oxidation sites excluding steroid dienone is 4. The number of aromatic nitrogens is 1. The summed E-state index contributed by atoms with van der Waals surface area (Å²) in [7, 11) is 0. The Kier molecular flexibility index (Phi) is 7.66. The van der Waals surface area contributed by atoms with Crippen molar-refractivity contribution in [2.45, 2.75) is 20.8 Å². The lowest BCUT2D eigenvalue weighted by Crippen LogP contribution is -2.26. The van der Waals surface area contributed by atoms with Crippen molar-refractivity contribution >= 4 is 11.6 Å². The molecule has 0 spiro atoms. The maximum atomic E-state index is 14.1. The largest absolute Gasteiger partial charge is 0.354 e. The summed E-state index contributed by atoms with van der Waals surface area (Å²) in [6.45, 7) is 13.3. The van der Waals surface area contributed by atoms with Gasteiger partial charge in [0.1, 0.15) is 5.82 Å². The number of hydrogen-bond acceptors (Lipinski definition) is 3. The molecule has 2 aromatic rings. The lowest BCUT2D eigenvalue weighted by molar-refractivity contribution is -0.123. The second kappa shape index (κ2) is 10.2. The van der Waals surface area contributed by atoms with E-state index in [-0.39, 0.29) is 17.6 Å². The van der Waals surface area contributed by atoms with Gasteiger partial charge in [-0.25, -0.2) is 4.39 Å². The van der Waals surface area contributed by atoms with Gasteiger partial charge < -0.3 is 10.6 Å². The van der Waals surface area contributed by atoms with Crippen LogP contribution in [-0.4, -0.2) is 10.9 Å². The number of nitrogens with one attached hydrogen (secondary N) is 2. The minimum atomic E-state index is -0.308. The van der Waals surface area contributed by atoms with Gasteiger partial charge in [0.15, 0.2) is 0 Å². The molecule has 0 atom stereocenters. The Bertz CT molecular complexity index is 974. The molecule has 0 saturated heterocycles. The van der Waals surface area contributed by atoms with Gasteiger partial charge in [-0.3, -0.25) is 9.78 Å². The lowest BCUT2D eigenvalue weighted by atomic mass is 10.1. The molecule has 1 aromatic carbocycles. The van der Waals surface area contributed by atoms with E-state index in [0.717, 1.165) is 5.57 Å². The maximum absolute atomic E-state index is 14.1. The zero-order valence-corrected chi connectivity index (χ0v) is 17.0. The quantitative estimate of drug-likeness (QED) is 0.576. The van der Waals surface area contributed by atoms with Crippen LogP contribution in [0.2, 0.25) is 0 Å². The average Bonchev–Trinajstić information content (AvgIpc) is 2.68. The number of rotatable bonds is 8. The Morgan fingerprint density at radius 1 is 1.24 bits per heavy atom. The van der Waals surface area contributed by atoms with Crippen LogP contribution in [0.4, 0.5) is 10.1 Å². The summed E-state index contributed by atoms with van der Waals surface area (Å²) < 4.78 is 14.1. The molecule has 1 aromatic heterocycles. The van der Waals surface area contributed by atoms with E-state index in [1.807, 2.05) is 26.8 Å². The summed E-state index contributed by atoms with van der Waals surface area (Å²) in [6.07, 6.45) is 8.49. The third-order valence-electron chi connectivity index (χ3n) is 4.08. The highest BCUT2D eigenvalue weighted by Gasteiger charge is 2.09. The number of benzene rings is 1. The van der Waals surface area contributed by atoms with Crippen molar-refractivity contribution in [1.29, 1.82) is 0 Å². The van der Waals surface area contributed by atoms with Gasteiger partial charge in [-0.2, -0.15) is 0 Å².